The van der Waals surface area contributed by atoms with Crippen molar-refractivity contribution >= 4 is 23.7 Å². The maximum absolute atomic E-state index is 12.7. The summed E-state index contributed by atoms with van der Waals surface area (Å²) in [6, 6.07) is 18.3. The average Bonchev–Trinajstić information content (AvgIpc) is 3.45. The highest BCUT2D eigenvalue weighted by atomic mass is 16.6. The van der Waals surface area contributed by atoms with E-state index in [1.165, 1.54) is 18.3 Å². The van der Waals surface area contributed by atoms with Crippen LogP contribution in [0.15, 0.2) is 66.9 Å². The molecule has 1 fully saturated rings. The number of nitrogens with one attached hydrogen (secondary N) is 2. The van der Waals surface area contributed by atoms with Crippen molar-refractivity contribution in [2.24, 2.45) is 0 Å². The van der Waals surface area contributed by atoms with Crippen molar-refractivity contribution < 1.29 is 29.0 Å². The number of pyridine rings is 1. The van der Waals surface area contributed by atoms with E-state index in [0.717, 1.165) is 22.3 Å². The van der Waals surface area contributed by atoms with Crippen LogP contribution in [0.2, 0.25) is 0 Å². The van der Waals surface area contributed by atoms with Crippen molar-refractivity contribution in [1.82, 2.24) is 10.3 Å². The van der Waals surface area contributed by atoms with Crippen LogP contribution in [0.3, 0.4) is 0 Å². The first-order valence-corrected chi connectivity index (χ1v) is 11.2. The molecule has 2 aliphatic rings. The van der Waals surface area contributed by atoms with Crippen LogP contribution in [0.1, 0.15) is 34.0 Å². The summed E-state index contributed by atoms with van der Waals surface area (Å²) in [5.41, 5.74) is 4.72. The maximum atomic E-state index is 12.7. The second-order valence-corrected chi connectivity index (χ2v) is 8.38. The van der Waals surface area contributed by atoms with E-state index in [9.17, 15) is 14.4 Å². The van der Waals surface area contributed by atoms with Crippen LogP contribution >= 0.6 is 0 Å². The summed E-state index contributed by atoms with van der Waals surface area (Å²) in [6.07, 6.45) is 0.185. The van der Waals surface area contributed by atoms with E-state index in [1.54, 1.807) is 0 Å². The molecule has 1 aliphatic heterocycles. The number of anilines is 1. The number of carboxylic acid groups (broad SMARTS) is 1. The molecule has 1 saturated heterocycles. The van der Waals surface area contributed by atoms with Gasteiger partial charge in [-0.15, -0.1) is 0 Å². The van der Waals surface area contributed by atoms with Crippen LogP contribution in [0.25, 0.3) is 11.1 Å². The number of alkyl carbamates (subject to hydrolysis) is 1. The molecule has 0 bridgehead atoms. The lowest BCUT2D eigenvalue weighted by Gasteiger charge is -2.20. The van der Waals surface area contributed by atoms with Crippen molar-refractivity contribution in [3.63, 3.8) is 0 Å². The Morgan fingerprint density at radius 2 is 1.69 bits per heavy atom. The lowest BCUT2D eigenvalue weighted by atomic mass is 9.98. The molecule has 9 heteroatoms. The van der Waals surface area contributed by atoms with Gasteiger partial charge in [0.15, 0.2) is 6.10 Å². The molecular formula is C26H23N3O6. The molecule has 35 heavy (non-hydrogen) atoms. The van der Waals surface area contributed by atoms with Gasteiger partial charge in [-0.25, -0.2) is 14.6 Å². The summed E-state index contributed by atoms with van der Waals surface area (Å²) in [5.74, 6) is -1.68. The number of rotatable bonds is 6. The van der Waals surface area contributed by atoms with E-state index in [-0.39, 0.29) is 18.2 Å². The van der Waals surface area contributed by atoms with E-state index in [4.69, 9.17) is 14.6 Å². The van der Waals surface area contributed by atoms with E-state index in [1.807, 2.05) is 36.4 Å². The van der Waals surface area contributed by atoms with Gasteiger partial charge in [0.05, 0.1) is 17.9 Å². The van der Waals surface area contributed by atoms with Gasteiger partial charge < -0.3 is 25.2 Å². The van der Waals surface area contributed by atoms with E-state index >= 15 is 0 Å². The molecule has 3 N–H and O–H groups in total. The molecule has 2 unspecified atom stereocenters. The average molecular weight is 473 g/mol. The number of carbonyl (C=O) groups excluding carboxylic acids is 2. The zero-order valence-corrected chi connectivity index (χ0v) is 18.6. The van der Waals surface area contributed by atoms with E-state index < -0.39 is 30.1 Å². The number of fused-ring (bicyclic) bond motifs is 3. The van der Waals surface area contributed by atoms with Crippen LogP contribution in [0.5, 0.6) is 0 Å². The molecule has 1 aromatic heterocycles. The lowest BCUT2D eigenvalue weighted by molar-refractivity contribution is -0.125. The summed E-state index contributed by atoms with van der Waals surface area (Å²) in [5, 5.41) is 14.3. The van der Waals surface area contributed by atoms with Gasteiger partial charge in [0.1, 0.15) is 12.3 Å². The summed E-state index contributed by atoms with van der Waals surface area (Å²) < 4.78 is 11.1. The highest BCUT2D eigenvalue weighted by Crippen LogP contribution is 2.44. The number of nitrogens with zero attached hydrogens (tertiary/aromatic N) is 1. The van der Waals surface area contributed by atoms with Gasteiger partial charge >= 0.3 is 12.1 Å². The van der Waals surface area contributed by atoms with Crippen molar-refractivity contribution in [3.8, 4) is 11.1 Å². The smallest absolute Gasteiger partial charge is 0.407 e. The summed E-state index contributed by atoms with van der Waals surface area (Å²) in [6.45, 7) is 0.481. The SMILES string of the molecule is O=C(NC1CCOC1C(=O)Nc1ccc(C(=O)O)nc1)OCC1c2ccccc2-c2ccccc21. The molecule has 178 valence electrons. The minimum atomic E-state index is -1.16. The third kappa shape index (κ3) is 4.58. The van der Waals surface area contributed by atoms with E-state index in [2.05, 4.69) is 27.8 Å². The summed E-state index contributed by atoms with van der Waals surface area (Å²) >= 11 is 0. The van der Waals surface area contributed by atoms with Crippen LogP contribution in [-0.4, -0.2) is 53.4 Å². The Morgan fingerprint density at radius 3 is 2.31 bits per heavy atom. The zero-order chi connectivity index (χ0) is 24.4. The Kier molecular flexibility index (Phi) is 6.15. The van der Waals surface area contributed by atoms with Crippen molar-refractivity contribution in [1.29, 1.82) is 0 Å². The van der Waals surface area contributed by atoms with Gasteiger partial charge in [0.25, 0.3) is 5.91 Å². The molecule has 0 radical (unpaired) electrons. The Bertz CT molecular complexity index is 1230. The monoisotopic (exact) mass is 473 g/mol. The topological polar surface area (TPSA) is 127 Å². The van der Waals surface area contributed by atoms with Gasteiger partial charge in [-0.3, -0.25) is 4.79 Å². The summed E-state index contributed by atoms with van der Waals surface area (Å²) in [7, 11) is 0. The lowest BCUT2D eigenvalue weighted by Crippen LogP contribution is -2.46. The minimum absolute atomic E-state index is 0.0617. The Hall–Kier alpha value is -4.24. The fourth-order valence-electron chi connectivity index (χ4n) is 4.59. The van der Waals surface area contributed by atoms with Crippen molar-refractivity contribution in [2.75, 3.05) is 18.5 Å². The van der Waals surface area contributed by atoms with Gasteiger partial charge in [0.2, 0.25) is 0 Å². The Balaban J connectivity index is 1.19. The highest BCUT2D eigenvalue weighted by Gasteiger charge is 2.36. The number of aromatic carboxylic acids is 1. The Labute approximate surface area is 201 Å². The molecule has 2 atom stereocenters. The third-order valence-corrected chi connectivity index (χ3v) is 6.25. The summed E-state index contributed by atoms with van der Waals surface area (Å²) in [4.78, 5) is 40.0. The number of amides is 2. The molecule has 9 nitrogen and oxygen atoms in total. The number of benzene rings is 2. The molecule has 2 heterocycles. The third-order valence-electron chi connectivity index (χ3n) is 6.25. The zero-order valence-electron chi connectivity index (χ0n) is 18.6. The fourth-order valence-corrected chi connectivity index (χ4v) is 4.59. The molecule has 0 saturated carbocycles. The first kappa shape index (κ1) is 22.5. The first-order valence-electron chi connectivity index (χ1n) is 11.2. The van der Waals surface area contributed by atoms with Gasteiger partial charge in [-0.2, -0.15) is 0 Å². The fraction of sp³-hybridized carbons (Fsp3) is 0.231. The standard InChI is InChI=1S/C26H23N3O6/c30-24(28-15-9-10-22(25(31)32)27-13-15)23-21(11-12-34-23)29-26(33)35-14-20-18-7-3-1-5-16(18)17-6-2-4-8-19(17)20/h1-10,13,20-21,23H,11-12,14H2,(H,28,30)(H,29,33)(H,31,32). The molecule has 3 aromatic rings. The number of aromatic nitrogens is 1. The number of hydrogen-bond donors (Lipinski definition) is 3. The number of carboxylic acids is 1. The van der Waals surface area contributed by atoms with Crippen molar-refractivity contribution in [2.45, 2.75) is 24.5 Å². The second-order valence-electron chi connectivity index (χ2n) is 8.38. The predicted molar refractivity (Wildman–Crippen MR) is 126 cm³/mol. The molecule has 5 rings (SSSR count). The molecular weight excluding hydrogens is 450 g/mol. The molecule has 0 spiro atoms. The molecule has 1 aliphatic carbocycles. The quantitative estimate of drug-likeness (QED) is 0.501. The maximum Gasteiger partial charge on any atom is 0.407 e. The minimum Gasteiger partial charge on any atom is -0.477 e. The van der Waals surface area contributed by atoms with Gasteiger partial charge in [-0.05, 0) is 40.8 Å². The molecule has 2 amide bonds. The number of hydrogen-bond acceptors (Lipinski definition) is 6. The second kappa shape index (κ2) is 9.55. The predicted octanol–water partition coefficient (Wildman–Crippen LogP) is 3.41. The Morgan fingerprint density at radius 1 is 1.00 bits per heavy atom. The van der Waals surface area contributed by atoms with Crippen LogP contribution in [0.4, 0.5) is 10.5 Å². The normalized spacial score (nSPS) is 18.4. The van der Waals surface area contributed by atoms with E-state index in [0.29, 0.717) is 18.7 Å². The van der Waals surface area contributed by atoms with Crippen molar-refractivity contribution in [3.05, 3.63) is 83.7 Å². The van der Waals surface area contributed by atoms with Crippen LogP contribution < -0.4 is 10.6 Å². The van der Waals surface area contributed by atoms with Gasteiger partial charge in [0, 0.05) is 12.5 Å². The van der Waals surface area contributed by atoms with Crippen LogP contribution in [0, 0.1) is 0 Å². The van der Waals surface area contributed by atoms with Crippen LogP contribution in [-0.2, 0) is 14.3 Å². The first-order chi connectivity index (χ1) is 17.0. The number of ether oxygens (including phenoxy) is 2. The van der Waals surface area contributed by atoms with Gasteiger partial charge in [-0.1, -0.05) is 48.5 Å². The number of carbonyl (C=O) groups is 3. The highest BCUT2D eigenvalue weighted by molar-refractivity contribution is 5.95. The largest absolute Gasteiger partial charge is 0.477 e. The molecule has 2 aromatic carbocycles.